The van der Waals surface area contributed by atoms with E-state index in [4.69, 9.17) is 5.11 Å². The molecular formula is C18H17NO3. The van der Waals surface area contributed by atoms with Crippen molar-refractivity contribution in [3.05, 3.63) is 77.0 Å². The fourth-order valence-electron chi connectivity index (χ4n) is 1.96. The maximum Gasteiger partial charge on any atom is 0.335 e. The smallest absolute Gasteiger partial charge is 0.335 e. The number of carboxylic acids is 1. The number of benzene rings is 2. The second-order valence-electron chi connectivity index (χ2n) is 5.07. The van der Waals surface area contributed by atoms with Gasteiger partial charge in [-0.05, 0) is 38.1 Å². The summed E-state index contributed by atoms with van der Waals surface area (Å²) in [6.45, 7) is 3.76. The Morgan fingerprint density at radius 2 is 1.50 bits per heavy atom. The lowest BCUT2D eigenvalue weighted by atomic mass is 10.1. The minimum atomic E-state index is -0.964. The lowest BCUT2D eigenvalue weighted by molar-refractivity contribution is 0.0696. The molecule has 0 radical (unpaired) electrons. The Labute approximate surface area is 129 Å². The van der Waals surface area contributed by atoms with E-state index in [0.717, 1.165) is 11.3 Å². The molecule has 22 heavy (non-hydrogen) atoms. The van der Waals surface area contributed by atoms with Crippen LogP contribution in [0.2, 0.25) is 0 Å². The van der Waals surface area contributed by atoms with Gasteiger partial charge < -0.3 is 10.4 Å². The number of carbonyl (C=O) groups excluding carboxylic acids is 1. The first kappa shape index (κ1) is 15.5. The summed E-state index contributed by atoms with van der Waals surface area (Å²) in [5.41, 5.74) is 3.38. The van der Waals surface area contributed by atoms with Gasteiger partial charge in [-0.25, -0.2) is 4.79 Å². The molecule has 0 aliphatic heterocycles. The monoisotopic (exact) mass is 295 g/mol. The average Bonchev–Trinajstić information content (AvgIpc) is 2.48. The molecule has 0 unspecified atom stereocenters. The van der Waals surface area contributed by atoms with Crippen LogP contribution in [0, 0.1) is 6.92 Å². The fourth-order valence-corrected chi connectivity index (χ4v) is 1.96. The van der Waals surface area contributed by atoms with Crippen LogP contribution in [0.15, 0.2) is 60.3 Å². The molecule has 0 saturated heterocycles. The zero-order chi connectivity index (χ0) is 16.1. The third-order valence-electron chi connectivity index (χ3n) is 3.16. The van der Waals surface area contributed by atoms with Gasteiger partial charge in [-0.2, -0.15) is 0 Å². The number of ketones is 1. The molecule has 0 bridgehead atoms. The highest BCUT2D eigenvalue weighted by molar-refractivity contribution is 6.05. The highest BCUT2D eigenvalue weighted by atomic mass is 16.4. The summed E-state index contributed by atoms with van der Waals surface area (Å²) in [4.78, 5) is 22.9. The van der Waals surface area contributed by atoms with Crippen molar-refractivity contribution >= 4 is 17.4 Å². The molecule has 0 aliphatic rings. The molecule has 2 aromatic rings. The molecule has 0 spiro atoms. The van der Waals surface area contributed by atoms with Crippen LogP contribution < -0.4 is 5.32 Å². The van der Waals surface area contributed by atoms with Crippen molar-refractivity contribution in [1.29, 1.82) is 0 Å². The molecule has 112 valence electrons. The predicted octanol–water partition coefficient (Wildman–Crippen LogP) is 3.89. The third kappa shape index (κ3) is 4.06. The van der Waals surface area contributed by atoms with Gasteiger partial charge in [0, 0.05) is 23.0 Å². The first-order valence-corrected chi connectivity index (χ1v) is 6.85. The zero-order valence-electron chi connectivity index (χ0n) is 12.5. The normalized spacial score (nSPS) is 11.1. The minimum Gasteiger partial charge on any atom is -0.478 e. The van der Waals surface area contributed by atoms with Gasteiger partial charge in [0.25, 0.3) is 0 Å². The molecule has 2 rings (SSSR count). The van der Waals surface area contributed by atoms with Gasteiger partial charge in [-0.1, -0.05) is 29.8 Å². The van der Waals surface area contributed by atoms with Crippen molar-refractivity contribution in [1.82, 2.24) is 0 Å². The standard InChI is InChI=1S/C18H17NO3/c1-12-3-5-14(6-4-12)17(20)11-13(2)19-16-9-7-15(8-10-16)18(21)22/h3-11,19H,1-2H3,(H,21,22)/b13-11+. The molecule has 2 N–H and O–H groups in total. The van der Waals surface area contributed by atoms with Gasteiger partial charge in [0.1, 0.15) is 0 Å². The summed E-state index contributed by atoms with van der Waals surface area (Å²) in [6, 6.07) is 13.7. The third-order valence-corrected chi connectivity index (χ3v) is 3.16. The van der Waals surface area contributed by atoms with Crippen LogP contribution in [0.1, 0.15) is 33.2 Å². The van der Waals surface area contributed by atoms with Crippen molar-refractivity contribution in [3.8, 4) is 0 Å². The average molecular weight is 295 g/mol. The van der Waals surface area contributed by atoms with E-state index in [-0.39, 0.29) is 11.3 Å². The van der Waals surface area contributed by atoms with Crippen molar-refractivity contribution in [3.63, 3.8) is 0 Å². The Morgan fingerprint density at radius 3 is 2.05 bits per heavy atom. The van der Waals surface area contributed by atoms with Crippen molar-refractivity contribution in [2.24, 2.45) is 0 Å². The van der Waals surface area contributed by atoms with E-state index >= 15 is 0 Å². The lowest BCUT2D eigenvalue weighted by Gasteiger charge is -2.07. The van der Waals surface area contributed by atoms with E-state index in [2.05, 4.69) is 5.32 Å². The quantitative estimate of drug-likeness (QED) is 0.648. The van der Waals surface area contributed by atoms with E-state index in [1.165, 1.54) is 18.2 Å². The van der Waals surface area contributed by atoms with Crippen molar-refractivity contribution in [2.45, 2.75) is 13.8 Å². The number of nitrogens with one attached hydrogen (secondary N) is 1. The number of rotatable bonds is 5. The molecule has 4 heteroatoms. The minimum absolute atomic E-state index is 0.0767. The van der Waals surface area contributed by atoms with E-state index < -0.39 is 5.97 Å². The first-order chi connectivity index (χ1) is 10.5. The van der Waals surface area contributed by atoms with Gasteiger partial charge in [-0.15, -0.1) is 0 Å². The van der Waals surface area contributed by atoms with Crippen LogP contribution >= 0.6 is 0 Å². The van der Waals surface area contributed by atoms with Gasteiger partial charge in [0.2, 0.25) is 0 Å². The lowest BCUT2D eigenvalue weighted by Crippen LogP contribution is -2.02. The largest absolute Gasteiger partial charge is 0.478 e. The van der Waals surface area contributed by atoms with Gasteiger partial charge >= 0.3 is 5.97 Å². The van der Waals surface area contributed by atoms with Crippen LogP contribution in [-0.2, 0) is 0 Å². The molecule has 2 aromatic carbocycles. The summed E-state index contributed by atoms with van der Waals surface area (Å²) >= 11 is 0. The molecule has 4 nitrogen and oxygen atoms in total. The summed E-state index contributed by atoms with van der Waals surface area (Å²) in [5, 5.41) is 11.9. The second kappa shape index (κ2) is 6.72. The first-order valence-electron chi connectivity index (χ1n) is 6.85. The number of carboxylic acid groups (broad SMARTS) is 1. The number of allylic oxidation sites excluding steroid dienone is 2. The summed E-state index contributed by atoms with van der Waals surface area (Å²) in [5.74, 6) is -1.04. The van der Waals surface area contributed by atoms with Crippen LogP contribution in [0.5, 0.6) is 0 Å². The highest BCUT2D eigenvalue weighted by Gasteiger charge is 2.04. The molecule has 0 fully saturated rings. The number of hydrogen-bond donors (Lipinski definition) is 2. The molecule has 0 saturated carbocycles. The van der Waals surface area contributed by atoms with Crippen molar-refractivity contribution in [2.75, 3.05) is 5.32 Å². The molecule has 0 aliphatic carbocycles. The molecule has 0 amide bonds. The van der Waals surface area contributed by atoms with E-state index in [9.17, 15) is 9.59 Å². The Morgan fingerprint density at radius 1 is 0.955 bits per heavy atom. The fraction of sp³-hybridized carbons (Fsp3) is 0.111. The summed E-state index contributed by atoms with van der Waals surface area (Å²) < 4.78 is 0. The van der Waals surface area contributed by atoms with Crippen LogP contribution in [0.3, 0.4) is 0 Å². The van der Waals surface area contributed by atoms with E-state index in [1.807, 2.05) is 19.1 Å². The Balaban J connectivity index is 2.07. The molecule has 0 heterocycles. The maximum atomic E-state index is 12.1. The SMILES string of the molecule is C/C(=C\C(=O)c1ccc(C)cc1)Nc1ccc(C(=O)O)cc1. The number of aryl methyl sites for hydroxylation is 1. The Bertz CT molecular complexity index is 713. The topological polar surface area (TPSA) is 66.4 Å². The van der Waals surface area contributed by atoms with Crippen LogP contribution in [-0.4, -0.2) is 16.9 Å². The van der Waals surface area contributed by atoms with Crippen LogP contribution in [0.25, 0.3) is 0 Å². The van der Waals surface area contributed by atoms with Gasteiger partial charge in [-0.3, -0.25) is 4.79 Å². The number of aromatic carboxylic acids is 1. The van der Waals surface area contributed by atoms with Gasteiger partial charge in [0.05, 0.1) is 5.56 Å². The number of anilines is 1. The molecule has 0 atom stereocenters. The van der Waals surface area contributed by atoms with Crippen LogP contribution in [0.4, 0.5) is 5.69 Å². The number of carbonyl (C=O) groups is 2. The second-order valence-corrected chi connectivity index (χ2v) is 5.07. The maximum absolute atomic E-state index is 12.1. The van der Waals surface area contributed by atoms with Crippen molar-refractivity contribution < 1.29 is 14.7 Å². The van der Waals surface area contributed by atoms with Gasteiger partial charge in [0.15, 0.2) is 5.78 Å². The Hall–Kier alpha value is -2.88. The predicted molar refractivity (Wildman–Crippen MR) is 86.3 cm³/mol. The summed E-state index contributed by atoms with van der Waals surface area (Å²) in [7, 11) is 0. The zero-order valence-corrected chi connectivity index (χ0v) is 12.5. The van der Waals surface area contributed by atoms with E-state index in [0.29, 0.717) is 11.3 Å². The number of hydrogen-bond acceptors (Lipinski definition) is 3. The summed E-state index contributed by atoms with van der Waals surface area (Å²) in [6.07, 6.45) is 1.52. The highest BCUT2D eigenvalue weighted by Crippen LogP contribution is 2.13. The molecular weight excluding hydrogens is 278 g/mol. The molecule has 0 aromatic heterocycles. The Kier molecular flexibility index (Phi) is 4.73. The van der Waals surface area contributed by atoms with E-state index in [1.54, 1.807) is 31.2 Å².